The Morgan fingerprint density at radius 1 is 0.656 bits per heavy atom. The SMILES string of the molecule is COc1c2c(c(OC)c(OC)c1OC)CC(CCCCCCCCO)(c1ccccc1)C2. The molecule has 0 unspecified atom stereocenters. The zero-order valence-electron chi connectivity index (χ0n) is 20.0. The summed E-state index contributed by atoms with van der Waals surface area (Å²) in [6.07, 6.45) is 9.67. The summed E-state index contributed by atoms with van der Waals surface area (Å²) in [5, 5.41) is 8.98. The van der Waals surface area contributed by atoms with E-state index in [1.165, 1.54) is 31.2 Å². The molecule has 1 aliphatic carbocycles. The van der Waals surface area contributed by atoms with E-state index in [1.54, 1.807) is 28.4 Å². The highest BCUT2D eigenvalue weighted by Gasteiger charge is 2.43. The van der Waals surface area contributed by atoms with E-state index in [2.05, 4.69) is 30.3 Å². The van der Waals surface area contributed by atoms with Crippen molar-refractivity contribution in [2.24, 2.45) is 0 Å². The Morgan fingerprint density at radius 2 is 1.12 bits per heavy atom. The van der Waals surface area contributed by atoms with Crippen LogP contribution in [0.25, 0.3) is 0 Å². The smallest absolute Gasteiger partial charge is 0.207 e. The van der Waals surface area contributed by atoms with E-state index in [1.807, 2.05) is 0 Å². The van der Waals surface area contributed by atoms with Crippen molar-refractivity contribution in [3.05, 3.63) is 47.0 Å². The van der Waals surface area contributed by atoms with E-state index in [-0.39, 0.29) is 5.41 Å². The van der Waals surface area contributed by atoms with Crippen LogP contribution in [-0.2, 0) is 18.3 Å². The van der Waals surface area contributed by atoms with Crippen molar-refractivity contribution in [3.63, 3.8) is 0 Å². The summed E-state index contributed by atoms with van der Waals surface area (Å²) in [7, 11) is 6.67. The number of methoxy groups -OCH3 is 4. The second-order valence-corrected chi connectivity index (χ2v) is 8.68. The third-order valence-corrected chi connectivity index (χ3v) is 6.83. The molecule has 176 valence electrons. The Kier molecular flexibility index (Phi) is 8.68. The summed E-state index contributed by atoms with van der Waals surface area (Å²) >= 11 is 0. The Morgan fingerprint density at radius 3 is 1.59 bits per heavy atom. The topological polar surface area (TPSA) is 57.2 Å². The molecule has 0 bridgehead atoms. The maximum absolute atomic E-state index is 8.98. The van der Waals surface area contributed by atoms with Gasteiger partial charge in [0.15, 0.2) is 11.5 Å². The summed E-state index contributed by atoms with van der Waals surface area (Å²) in [5.41, 5.74) is 3.67. The molecule has 0 fully saturated rings. The van der Waals surface area contributed by atoms with Crippen LogP contribution in [0.3, 0.4) is 0 Å². The van der Waals surface area contributed by atoms with Crippen LogP contribution >= 0.6 is 0 Å². The zero-order chi connectivity index (χ0) is 23.0. The Labute approximate surface area is 192 Å². The first kappa shape index (κ1) is 24.2. The van der Waals surface area contributed by atoms with Gasteiger partial charge in [-0.05, 0) is 31.2 Å². The maximum Gasteiger partial charge on any atom is 0.207 e. The van der Waals surface area contributed by atoms with E-state index in [4.69, 9.17) is 24.1 Å². The quantitative estimate of drug-likeness (QED) is 0.416. The monoisotopic (exact) mass is 442 g/mol. The highest BCUT2D eigenvalue weighted by atomic mass is 16.5. The molecular weight excluding hydrogens is 404 g/mol. The van der Waals surface area contributed by atoms with Crippen molar-refractivity contribution in [2.75, 3.05) is 35.0 Å². The van der Waals surface area contributed by atoms with Crippen LogP contribution in [0, 0.1) is 0 Å². The minimum Gasteiger partial charge on any atom is -0.492 e. The van der Waals surface area contributed by atoms with Crippen molar-refractivity contribution in [1.82, 2.24) is 0 Å². The second-order valence-electron chi connectivity index (χ2n) is 8.68. The van der Waals surface area contributed by atoms with Gasteiger partial charge in [-0.3, -0.25) is 0 Å². The number of hydrogen-bond acceptors (Lipinski definition) is 5. The maximum atomic E-state index is 8.98. The lowest BCUT2D eigenvalue weighted by Crippen LogP contribution is -2.27. The van der Waals surface area contributed by atoms with Crippen molar-refractivity contribution in [2.45, 2.75) is 63.2 Å². The van der Waals surface area contributed by atoms with Crippen LogP contribution in [0.2, 0.25) is 0 Å². The van der Waals surface area contributed by atoms with Gasteiger partial charge in [0.05, 0.1) is 28.4 Å². The number of hydrogen-bond donors (Lipinski definition) is 1. The third-order valence-electron chi connectivity index (χ3n) is 6.83. The van der Waals surface area contributed by atoms with Gasteiger partial charge in [-0.2, -0.15) is 0 Å². The lowest BCUT2D eigenvalue weighted by Gasteiger charge is -2.30. The largest absolute Gasteiger partial charge is 0.492 e. The van der Waals surface area contributed by atoms with Crippen molar-refractivity contribution in [3.8, 4) is 23.0 Å². The summed E-state index contributed by atoms with van der Waals surface area (Å²) in [4.78, 5) is 0. The fourth-order valence-electron chi connectivity index (χ4n) is 5.27. The average molecular weight is 443 g/mol. The molecule has 1 aliphatic rings. The number of aliphatic hydroxyl groups is 1. The molecule has 0 saturated heterocycles. The standard InChI is InChI=1S/C27H38O5/c1-29-23-21-18-27(20-14-10-9-11-15-20,16-12-7-5-6-8-13-17-28)19-22(21)24(30-2)26(32-4)25(23)31-3/h9-11,14-15,28H,5-8,12-13,16-19H2,1-4H3. The van der Waals surface area contributed by atoms with Crippen molar-refractivity contribution >= 4 is 0 Å². The molecule has 0 radical (unpaired) electrons. The molecule has 0 heterocycles. The van der Waals surface area contributed by atoms with Crippen molar-refractivity contribution in [1.29, 1.82) is 0 Å². The summed E-state index contributed by atoms with van der Waals surface area (Å²) in [6.45, 7) is 0.298. The molecule has 3 rings (SSSR count). The lowest BCUT2D eigenvalue weighted by molar-refractivity contribution is 0.282. The van der Waals surface area contributed by atoms with Gasteiger partial charge in [0.2, 0.25) is 11.5 Å². The van der Waals surface area contributed by atoms with E-state index in [0.29, 0.717) is 18.1 Å². The molecule has 0 amide bonds. The van der Waals surface area contributed by atoms with Crippen LogP contribution in [-0.4, -0.2) is 40.2 Å². The van der Waals surface area contributed by atoms with Crippen LogP contribution < -0.4 is 18.9 Å². The Bertz CT molecular complexity index is 821. The molecule has 0 spiro atoms. The third kappa shape index (κ3) is 4.83. The number of fused-ring (bicyclic) bond motifs is 1. The van der Waals surface area contributed by atoms with Crippen LogP contribution in [0.1, 0.15) is 61.6 Å². The molecule has 2 aromatic carbocycles. The molecule has 1 N–H and O–H groups in total. The van der Waals surface area contributed by atoms with Gasteiger partial charge in [-0.1, -0.05) is 62.4 Å². The van der Waals surface area contributed by atoms with Gasteiger partial charge in [-0.25, -0.2) is 0 Å². The number of aliphatic hydroxyl groups excluding tert-OH is 1. The highest BCUT2D eigenvalue weighted by molar-refractivity contribution is 5.69. The van der Waals surface area contributed by atoms with Crippen LogP contribution in [0.15, 0.2) is 30.3 Å². The van der Waals surface area contributed by atoms with Gasteiger partial charge >= 0.3 is 0 Å². The predicted octanol–water partition coefficient (Wildman–Crippen LogP) is 5.48. The minimum absolute atomic E-state index is 0.00731. The minimum atomic E-state index is -0.00731. The molecule has 5 heteroatoms. The Balaban J connectivity index is 1.93. The molecule has 2 aromatic rings. The summed E-state index contributed by atoms with van der Waals surface area (Å²) in [5.74, 6) is 2.70. The normalized spacial score (nSPS) is 14.2. The highest BCUT2D eigenvalue weighted by Crippen LogP contribution is 2.57. The van der Waals surface area contributed by atoms with Gasteiger partial charge in [0.1, 0.15) is 0 Å². The molecule has 0 aliphatic heterocycles. The van der Waals surface area contributed by atoms with Gasteiger partial charge in [0.25, 0.3) is 0 Å². The number of unbranched alkanes of at least 4 members (excludes halogenated alkanes) is 5. The van der Waals surface area contributed by atoms with E-state index in [0.717, 1.165) is 54.7 Å². The van der Waals surface area contributed by atoms with E-state index < -0.39 is 0 Å². The first-order valence-electron chi connectivity index (χ1n) is 11.7. The number of benzene rings is 2. The summed E-state index contributed by atoms with van der Waals surface area (Å²) in [6, 6.07) is 10.8. The van der Waals surface area contributed by atoms with Gasteiger partial charge in [0, 0.05) is 23.1 Å². The second kappa shape index (κ2) is 11.5. The van der Waals surface area contributed by atoms with E-state index >= 15 is 0 Å². The van der Waals surface area contributed by atoms with E-state index in [9.17, 15) is 0 Å². The van der Waals surface area contributed by atoms with Crippen LogP contribution in [0.5, 0.6) is 23.0 Å². The number of rotatable bonds is 13. The predicted molar refractivity (Wildman–Crippen MR) is 128 cm³/mol. The average Bonchev–Trinajstić information content (AvgIpc) is 3.22. The molecule has 32 heavy (non-hydrogen) atoms. The first-order valence-corrected chi connectivity index (χ1v) is 11.7. The molecule has 0 atom stereocenters. The number of ether oxygens (including phenoxy) is 4. The van der Waals surface area contributed by atoms with Crippen LogP contribution in [0.4, 0.5) is 0 Å². The molecular formula is C27H38O5. The Hall–Kier alpha value is -2.40. The fraction of sp³-hybridized carbons (Fsp3) is 0.556. The van der Waals surface area contributed by atoms with Gasteiger partial charge in [-0.15, -0.1) is 0 Å². The molecule has 0 saturated carbocycles. The lowest BCUT2D eigenvalue weighted by atomic mass is 9.74. The fourth-order valence-corrected chi connectivity index (χ4v) is 5.27. The first-order chi connectivity index (χ1) is 15.7. The van der Waals surface area contributed by atoms with Gasteiger partial charge < -0.3 is 24.1 Å². The summed E-state index contributed by atoms with van der Waals surface area (Å²) < 4.78 is 23.1. The zero-order valence-corrected chi connectivity index (χ0v) is 20.0. The molecule has 0 aromatic heterocycles. The van der Waals surface area contributed by atoms with Crippen molar-refractivity contribution < 1.29 is 24.1 Å². The molecule has 5 nitrogen and oxygen atoms in total.